The smallest absolute Gasteiger partial charge is 0.268 e. The highest BCUT2D eigenvalue weighted by molar-refractivity contribution is 5.98. The Labute approximate surface area is 125 Å². The van der Waals surface area contributed by atoms with Crippen molar-refractivity contribution in [2.24, 2.45) is 5.41 Å². The first-order valence-electron chi connectivity index (χ1n) is 7.38. The maximum absolute atomic E-state index is 12.3. The lowest BCUT2D eigenvalue weighted by molar-refractivity contribution is 0.0844. The molecule has 2 aromatic rings. The van der Waals surface area contributed by atoms with Gasteiger partial charge >= 0.3 is 0 Å². The van der Waals surface area contributed by atoms with E-state index in [1.54, 1.807) is 0 Å². The van der Waals surface area contributed by atoms with Crippen molar-refractivity contribution in [1.82, 2.24) is 10.3 Å². The third-order valence-corrected chi connectivity index (χ3v) is 3.87. The van der Waals surface area contributed by atoms with Crippen molar-refractivity contribution in [3.8, 4) is 0 Å². The topological polar surface area (TPSA) is 65.1 Å². The van der Waals surface area contributed by atoms with E-state index in [2.05, 4.69) is 29.4 Å². The fourth-order valence-corrected chi connectivity index (χ4v) is 2.30. The van der Waals surface area contributed by atoms with Crippen LogP contribution in [-0.2, 0) is 6.42 Å². The number of rotatable bonds is 4. The van der Waals surface area contributed by atoms with Crippen molar-refractivity contribution in [3.05, 3.63) is 35.5 Å². The van der Waals surface area contributed by atoms with Gasteiger partial charge in [0.25, 0.3) is 5.91 Å². The Morgan fingerprint density at radius 3 is 2.62 bits per heavy atom. The molecule has 1 unspecified atom stereocenters. The Morgan fingerprint density at radius 2 is 2.05 bits per heavy atom. The minimum absolute atomic E-state index is 0.0740. The summed E-state index contributed by atoms with van der Waals surface area (Å²) in [4.78, 5) is 15.5. The van der Waals surface area contributed by atoms with Gasteiger partial charge in [0, 0.05) is 10.9 Å². The van der Waals surface area contributed by atoms with E-state index in [4.69, 9.17) is 0 Å². The number of amides is 1. The molecule has 0 radical (unpaired) electrons. The SMILES string of the molecule is CCc1ccc2[nH]c(C(=O)NC(CO)C(C)(C)C)cc2c1. The minimum atomic E-state index is -0.275. The zero-order chi connectivity index (χ0) is 15.6. The van der Waals surface area contributed by atoms with Crippen molar-refractivity contribution in [3.63, 3.8) is 0 Å². The number of H-pyrrole nitrogens is 1. The average Bonchev–Trinajstić information content (AvgIpc) is 2.85. The van der Waals surface area contributed by atoms with Crippen molar-refractivity contribution < 1.29 is 9.90 Å². The van der Waals surface area contributed by atoms with Crippen molar-refractivity contribution in [1.29, 1.82) is 0 Å². The van der Waals surface area contributed by atoms with Crippen LogP contribution in [0.3, 0.4) is 0 Å². The summed E-state index contributed by atoms with van der Waals surface area (Å²) in [6.45, 7) is 8.01. The number of aliphatic hydroxyl groups excluding tert-OH is 1. The number of nitrogens with one attached hydrogen (secondary N) is 2. The number of benzene rings is 1. The molecule has 1 atom stereocenters. The van der Waals surface area contributed by atoms with E-state index in [-0.39, 0.29) is 24.0 Å². The summed E-state index contributed by atoms with van der Waals surface area (Å²) < 4.78 is 0. The fraction of sp³-hybridized carbons (Fsp3) is 0.471. The van der Waals surface area contributed by atoms with Crippen LogP contribution < -0.4 is 5.32 Å². The third kappa shape index (κ3) is 3.45. The summed E-state index contributed by atoms with van der Waals surface area (Å²) in [5, 5.41) is 13.4. The lowest BCUT2D eigenvalue weighted by atomic mass is 9.87. The highest BCUT2D eigenvalue weighted by atomic mass is 16.3. The van der Waals surface area contributed by atoms with Crippen LogP contribution in [0.2, 0.25) is 0 Å². The first-order chi connectivity index (χ1) is 9.85. The molecule has 0 fully saturated rings. The van der Waals surface area contributed by atoms with Gasteiger partial charge in [-0.05, 0) is 35.6 Å². The number of carbonyl (C=O) groups is 1. The van der Waals surface area contributed by atoms with E-state index in [1.165, 1.54) is 5.56 Å². The molecule has 0 spiro atoms. The summed E-state index contributed by atoms with van der Waals surface area (Å²) in [5.74, 6) is -0.182. The van der Waals surface area contributed by atoms with Gasteiger partial charge in [-0.3, -0.25) is 4.79 Å². The first kappa shape index (κ1) is 15.6. The highest BCUT2D eigenvalue weighted by Gasteiger charge is 2.26. The zero-order valence-electron chi connectivity index (χ0n) is 13.2. The average molecular weight is 288 g/mol. The molecule has 0 aliphatic carbocycles. The second-order valence-corrected chi connectivity index (χ2v) is 6.53. The lowest BCUT2D eigenvalue weighted by Gasteiger charge is -2.29. The molecule has 3 N–H and O–H groups in total. The van der Waals surface area contributed by atoms with Gasteiger partial charge in [-0.25, -0.2) is 0 Å². The van der Waals surface area contributed by atoms with E-state index in [0.29, 0.717) is 5.69 Å². The van der Waals surface area contributed by atoms with E-state index in [9.17, 15) is 9.90 Å². The zero-order valence-corrected chi connectivity index (χ0v) is 13.2. The van der Waals surface area contributed by atoms with Gasteiger partial charge in [0.1, 0.15) is 5.69 Å². The lowest BCUT2D eigenvalue weighted by Crippen LogP contribution is -2.46. The predicted molar refractivity (Wildman–Crippen MR) is 85.5 cm³/mol. The fourth-order valence-electron chi connectivity index (χ4n) is 2.30. The molecule has 0 bridgehead atoms. The largest absolute Gasteiger partial charge is 0.394 e. The van der Waals surface area contributed by atoms with E-state index < -0.39 is 0 Å². The molecule has 21 heavy (non-hydrogen) atoms. The Bertz CT molecular complexity index is 638. The molecule has 1 heterocycles. The molecule has 1 amide bonds. The number of aromatic nitrogens is 1. The molecule has 0 saturated carbocycles. The maximum Gasteiger partial charge on any atom is 0.268 e. The normalized spacial score (nSPS) is 13.4. The van der Waals surface area contributed by atoms with Gasteiger partial charge < -0.3 is 15.4 Å². The summed E-state index contributed by atoms with van der Waals surface area (Å²) >= 11 is 0. The Morgan fingerprint density at radius 1 is 1.33 bits per heavy atom. The van der Waals surface area contributed by atoms with Crippen LogP contribution in [0.4, 0.5) is 0 Å². The van der Waals surface area contributed by atoms with Crippen LogP contribution in [0.15, 0.2) is 24.3 Å². The molecule has 114 valence electrons. The van der Waals surface area contributed by atoms with Gasteiger partial charge in [-0.15, -0.1) is 0 Å². The number of hydrogen-bond acceptors (Lipinski definition) is 2. The third-order valence-electron chi connectivity index (χ3n) is 3.87. The standard InChI is InChI=1S/C17H24N2O2/c1-5-11-6-7-13-12(8-11)9-14(18-13)16(21)19-15(10-20)17(2,3)4/h6-9,15,18,20H,5,10H2,1-4H3,(H,19,21). The van der Waals surface area contributed by atoms with Crippen molar-refractivity contribution in [2.45, 2.75) is 40.2 Å². The number of aryl methyl sites for hydroxylation is 1. The maximum atomic E-state index is 12.3. The summed E-state index contributed by atoms with van der Waals surface area (Å²) in [7, 11) is 0. The predicted octanol–water partition coefficient (Wildman–Crippen LogP) is 2.87. The number of carbonyl (C=O) groups excluding carboxylic acids is 1. The van der Waals surface area contributed by atoms with Gasteiger partial charge in [0.15, 0.2) is 0 Å². The van der Waals surface area contributed by atoms with Crippen LogP contribution in [-0.4, -0.2) is 28.6 Å². The van der Waals surface area contributed by atoms with E-state index >= 15 is 0 Å². The minimum Gasteiger partial charge on any atom is -0.394 e. The molecule has 1 aromatic heterocycles. The molecular weight excluding hydrogens is 264 g/mol. The monoisotopic (exact) mass is 288 g/mol. The molecule has 1 aromatic carbocycles. The molecule has 4 nitrogen and oxygen atoms in total. The van der Waals surface area contributed by atoms with Gasteiger partial charge in [0.2, 0.25) is 0 Å². The number of aliphatic hydroxyl groups is 1. The molecule has 0 saturated heterocycles. The Balaban J connectivity index is 2.23. The quantitative estimate of drug-likeness (QED) is 0.810. The molecule has 0 aliphatic heterocycles. The second kappa shape index (κ2) is 5.90. The highest BCUT2D eigenvalue weighted by Crippen LogP contribution is 2.21. The van der Waals surface area contributed by atoms with Crippen LogP contribution in [0.25, 0.3) is 10.9 Å². The van der Waals surface area contributed by atoms with Crippen LogP contribution in [0.5, 0.6) is 0 Å². The number of fused-ring (bicyclic) bond motifs is 1. The number of aromatic amines is 1. The van der Waals surface area contributed by atoms with Crippen LogP contribution in [0.1, 0.15) is 43.7 Å². The van der Waals surface area contributed by atoms with E-state index in [1.807, 2.05) is 32.9 Å². The molecule has 2 rings (SSSR count). The summed E-state index contributed by atoms with van der Waals surface area (Å²) in [6, 6.07) is 7.74. The molecule has 0 aliphatic rings. The van der Waals surface area contributed by atoms with E-state index in [0.717, 1.165) is 17.3 Å². The first-order valence-corrected chi connectivity index (χ1v) is 7.38. The van der Waals surface area contributed by atoms with Crippen LogP contribution in [0, 0.1) is 5.41 Å². The summed E-state index contributed by atoms with van der Waals surface area (Å²) in [6.07, 6.45) is 0.971. The summed E-state index contributed by atoms with van der Waals surface area (Å²) in [5.41, 5.74) is 2.54. The van der Waals surface area contributed by atoms with Crippen LogP contribution >= 0.6 is 0 Å². The van der Waals surface area contributed by atoms with Gasteiger partial charge in [-0.2, -0.15) is 0 Å². The van der Waals surface area contributed by atoms with Gasteiger partial charge in [-0.1, -0.05) is 33.8 Å². The molecule has 4 heteroatoms. The molecular formula is C17H24N2O2. The second-order valence-electron chi connectivity index (χ2n) is 6.53. The van der Waals surface area contributed by atoms with Crippen molar-refractivity contribution in [2.75, 3.05) is 6.61 Å². The van der Waals surface area contributed by atoms with Crippen molar-refractivity contribution >= 4 is 16.8 Å². The van der Waals surface area contributed by atoms with Gasteiger partial charge in [0.05, 0.1) is 12.6 Å². The number of hydrogen-bond donors (Lipinski definition) is 3. The Kier molecular flexibility index (Phi) is 4.37. The Hall–Kier alpha value is -1.81.